The Morgan fingerprint density at radius 2 is 1.19 bits per heavy atom. The maximum atomic E-state index is 14.1. The van der Waals surface area contributed by atoms with Crippen molar-refractivity contribution in [2.45, 2.75) is 114 Å². The third-order valence-electron chi connectivity index (χ3n) is 12.8. The maximum absolute atomic E-state index is 14.1. The molecule has 77 heavy (non-hydrogen) atoms. The third-order valence-corrected chi connectivity index (χ3v) is 12.8. The van der Waals surface area contributed by atoms with Gasteiger partial charge < -0.3 is 67.5 Å². The number of benzene rings is 4. The summed E-state index contributed by atoms with van der Waals surface area (Å²) in [7, 11) is 0. The number of ketones is 1. The van der Waals surface area contributed by atoms with E-state index >= 15 is 0 Å². The fraction of sp³-hybridized carbons (Fsp3) is 0.418. The molecule has 0 radical (unpaired) electrons. The van der Waals surface area contributed by atoms with Crippen LogP contribution in [0.3, 0.4) is 0 Å². The zero-order valence-corrected chi connectivity index (χ0v) is 42.6. The van der Waals surface area contributed by atoms with Gasteiger partial charge in [-0.15, -0.1) is 0 Å². The lowest BCUT2D eigenvalue weighted by atomic mass is 9.94. The summed E-state index contributed by atoms with van der Waals surface area (Å²) in [6.45, 7) is 3.15. The van der Waals surface area contributed by atoms with Gasteiger partial charge >= 0.3 is 35.9 Å². The first kappa shape index (κ1) is 55.6. The maximum Gasteiger partial charge on any atom is 0.407 e. The number of nitrogens with one attached hydrogen (secondary N) is 2. The first-order chi connectivity index (χ1) is 37.0. The van der Waals surface area contributed by atoms with Crippen LogP contribution in [0.25, 0.3) is 11.1 Å². The molecule has 3 fully saturated rings. The van der Waals surface area contributed by atoms with Crippen molar-refractivity contribution in [3.63, 3.8) is 0 Å². The number of carbonyl (C=O) groups excluding carboxylic acids is 8. The minimum atomic E-state index is -1.79. The molecule has 408 valence electrons. The fourth-order valence-corrected chi connectivity index (χ4v) is 9.58. The highest BCUT2D eigenvalue weighted by molar-refractivity contribution is 5.98. The number of fused-ring (bicyclic) bond motifs is 4. The number of alkyl carbamates (subject to hydrolysis) is 1. The molecule has 22 heteroatoms. The van der Waals surface area contributed by atoms with Crippen molar-refractivity contribution in [1.82, 2.24) is 10.6 Å². The van der Waals surface area contributed by atoms with Crippen molar-refractivity contribution < 1.29 is 95.2 Å². The van der Waals surface area contributed by atoms with E-state index in [1.165, 1.54) is 6.92 Å². The van der Waals surface area contributed by atoms with Gasteiger partial charge in [0.15, 0.2) is 55.6 Å². The van der Waals surface area contributed by atoms with E-state index in [1.54, 1.807) is 60.7 Å². The van der Waals surface area contributed by atoms with Crippen molar-refractivity contribution >= 4 is 47.6 Å². The normalized spacial score (nSPS) is 25.7. The number of carbonyl (C=O) groups is 8. The Hall–Kier alpha value is -7.60. The van der Waals surface area contributed by atoms with Crippen LogP contribution in [-0.4, -0.2) is 148 Å². The highest BCUT2D eigenvalue weighted by Gasteiger charge is 2.58. The van der Waals surface area contributed by atoms with E-state index in [0.717, 1.165) is 49.9 Å². The van der Waals surface area contributed by atoms with Gasteiger partial charge in [0.25, 0.3) is 0 Å². The molecule has 4 aromatic rings. The van der Waals surface area contributed by atoms with Gasteiger partial charge in [-0.2, -0.15) is 0 Å². The largest absolute Gasteiger partial charge is 0.463 e. The number of esters is 5. The number of rotatable bonds is 19. The van der Waals surface area contributed by atoms with Crippen molar-refractivity contribution in [2.24, 2.45) is 0 Å². The van der Waals surface area contributed by atoms with E-state index in [9.17, 15) is 38.4 Å². The molecule has 1 aliphatic carbocycles. The lowest BCUT2D eigenvalue weighted by Crippen LogP contribution is -2.70. The van der Waals surface area contributed by atoms with Crippen molar-refractivity contribution in [3.05, 3.63) is 131 Å². The average molecular weight is 1070 g/mol. The second-order valence-electron chi connectivity index (χ2n) is 18.4. The standard InChI is InChI=1S/C55H58N2O20/c1-29(58)56-45-48(77-54-50(73-33(5)62)49(72-32(4)61)47(71-31(3)60)43(75-54)27-66-30(2)59)46-44(28-69-52(76-46)35-18-10-7-11-19-35)74-53(45)68-25-41(51(64)67-26-42(63)34-16-8-6-9-17-34)57-55(65)70-24-40-38-22-14-12-20-36(38)37-21-13-15-23-39(37)40/h6-23,40-41,43-50,52-54H,24-28H2,1-5H3,(H,56,58)(H,57,65)/t41-,43+,44+,45+,46-,47-,48+,49-,50+,52?,53-,54-/m0/s1. The van der Waals surface area contributed by atoms with E-state index in [-0.39, 0.29) is 24.7 Å². The van der Waals surface area contributed by atoms with Crippen molar-refractivity contribution in [3.8, 4) is 11.1 Å². The Morgan fingerprint density at radius 1 is 0.597 bits per heavy atom. The fourth-order valence-electron chi connectivity index (χ4n) is 9.58. The lowest BCUT2D eigenvalue weighted by molar-refractivity contribution is -0.378. The molecule has 22 nitrogen and oxygen atoms in total. The molecule has 3 heterocycles. The van der Waals surface area contributed by atoms with Gasteiger partial charge in [0.2, 0.25) is 5.91 Å². The Kier molecular flexibility index (Phi) is 18.4. The topological polar surface area (TPSA) is 271 Å². The molecule has 0 saturated carbocycles. The number of hydrogen-bond acceptors (Lipinski definition) is 20. The molecule has 12 atom stereocenters. The van der Waals surface area contributed by atoms with Crippen molar-refractivity contribution in [2.75, 3.05) is 33.0 Å². The number of Topliss-reactive ketones (excluding diaryl/α,β-unsaturated/α-hetero) is 1. The molecule has 8 rings (SSSR count). The minimum absolute atomic E-state index is 0.128. The molecule has 1 unspecified atom stereocenters. The lowest BCUT2D eigenvalue weighted by Gasteiger charge is -2.51. The van der Waals surface area contributed by atoms with Crippen LogP contribution < -0.4 is 10.6 Å². The van der Waals surface area contributed by atoms with Gasteiger partial charge in [0, 0.05) is 51.7 Å². The number of amides is 2. The van der Waals surface area contributed by atoms with Crippen LogP contribution >= 0.6 is 0 Å². The van der Waals surface area contributed by atoms with Crippen molar-refractivity contribution in [1.29, 1.82) is 0 Å². The second-order valence-corrected chi connectivity index (χ2v) is 18.4. The van der Waals surface area contributed by atoms with Gasteiger partial charge in [-0.1, -0.05) is 109 Å². The number of ether oxygens (including phenoxy) is 12. The van der Waals surface area contributed by atoms with E-state index in [1.807, 2.05) is 48.5 Å². The van der Waals surface area contributed by atoms with Gasteiger partial charge in [-0.05, 0) is 22.3 Å². The van der Waals surface area contributed by atoms with Gasteiger partial charge in [0.05, 0.1) is 13.2 Å². The predicted molar refractivity (Wildman–Crippen MR) is 263 cm³/mol. The van der Waals surface area contributed by atoms with E-state index < -0.39 is 141 Å². The Morgan fingerprint density at radius 3 is 1.82 bits per heavy atom. The summed E-state index contributed by atoms with van der Waals surface area (Å²) in [6.07, 6.45) is -15.6. The molecule has 2 amide bonds. The zero-order chi connectivity index (χ0) is 54.8. The Labute approximate surface area is 442 Å². The van der Waals surface area contributed by atoms with Crippen LogP contribution in [0.4, 0.5) is 4.79 Å². The highest BCUT2D eigenvalue weighted by atomic mass is 16.8. The van der Waals surface area contributed by atoms with E-state index in [2.05, 4.69) is 10.6 Å². The number of hydrogen-bond donors (Lipinski definition) is 2. The van der Waals surface area contributed by atoms with Crippen LogP contribution in [0.1, 0.15) is 73.9 Å². The smallest absolute Gasteiger partial charge is 0.407 e. The monoisotopic (exact) mass is 1070 g/mol. The molecule has 4 aromatic carbocycles. The summed E-state index contributed by atoms with van der Waals surface area (Å²) in [5.41, 5.74) is 4.68. The molecule has 3 aliphatic heterocycles. The van der Waals surface area contributed by atoms with Crippen LogP contribution in [0.15, 0.2) is 109 Å². The van der Waals surface area contributed by atoms with Crippen LogP contribution in [0.5, 0.6) is 0 Å². The Bertz CT molecular complexity index is 2730. The van der Waals surface area contributed by atoms with Gasteiger partial charge in [-0.25, -0.2) is 9.59 Å². The molecule has 4 aliphatic rings. The molecule has 3 saturated heterocycles. The summed E-state index contributed by atoms with van der Waals surface area (Å²) in [5.74, 6) is -6.06. The van der Waals surface area contributed by atoms with Crippen LogP contribution in [-0.2, 0) is 85.6 Å². The molecule has 0 bridgehead atoms. The predicted octanol–water partition coefficient (Wildman–Crippen LogP) is 4.15. The highest BCUT2D eigenvalue weighted by Crippen LogP contribution is 2.45. The molecule has 0 aromatic heterocycles. The minimum Gasteiger partial charge on any atom is -0.463 e. The van der Waals surface area contributed by atoms with Gasteiger partial charge in [0.1, 0.15) is 43.7 Å². The van der Waals surface area contributed by atoms with E-state index in [0.29, 0.717) is 5.56 Å². The van der Waals surface area contributed by atoms with E-state index in [4.69, 9.17) is 56.8 Å². The first-order valence-electron chi connectivity index (χ1n) is 24.7. The SMILES string of the molecule is CC(=O)N[C@H]1[C@@H](OC[C@H](NC(=O)OCC2c3ccccc3-c3ccccc32)C(=O)OCC(=O)c2ccccc2)O[C@@H]2COC(c3ccccc3)O[C@@H]2[C@@H]1O[C@@H]1O[C@H](COC(C)=O)[C@H](OC(C)=O)[C@H](OC(C)=O)[C@H]1OC(C)=O. The van der Waals surface area contributed by atoms with Crippen LogP contribution in [0.2, 0.25) is 0 Å². The quantitative estimate of drug-likeness (QED) is 0.0758. The van der Waals surface area contributed by atoms with Gasteiger partial charge in [-0.3, -0.25) is 28.8 Å². The molecule has 0 spiro atoms. The molecule has 2 N–H and O–H groups in total. The average Bonchev–Trinajstić information content (AvgIpc) is 3.74. The summed E-state index contributed by atoms with van der Waals surface area (Å²) >= 11 is 0. The first-order valence-corrected chi connectivity index (χ1v) is 24.7. The molecular formula is C55H58N2O20. The summed E-state index contributed by atoms with van der Waals surface area (Å²) < 4.78 is 72.0. The third kappa shape index (κ3) is 13.9. The summed E-state index contributed by atoms with van der Waals surface area (Å²) in [5, 5.41) is 5.28. The zero-order valence-electron chi connectivity index (χ0n) is 42.6. The second kappa shape index (κ2) is 25.5. The Balaban J connectivity index is 1.10. The summed E-state index contributed by atoms with van der Waals surface area (Å²) in [4.78, 5) is 104. The molecular weight excluding hydrogens is 1010 g/mol. The summed E-state index contributed by atoms with van der Waals surface area (Å²) in [6, 6.07) is 29.2. The van der Waals surface area contributed by atoms with Crippen LogP contribution in [0, 0.1) is 0 Å².